The van der Waals surface area contributed by atoms with Crippen LogP contribution in [-0.2, 0) is 24.5 Å². The smallest absolute Gasteiger partial charge is 0.338 e. The Labute approximate surface area is 384 Å². The fourth-order valence-corrected chi connectivity index (χ4v) is 8.61. The third-order valence-corrected chi connectivity index (χ3v) is 10.9. The zero-order valence-electron chi connectivity index (χ0n) is 40.2. The summed E-state index contributed by atoms with van der Waals surface area (Å²) < 4.78 is 66.5. The molecule has 0 aliphatic heterocycles. The number of benzene rings is 4. The summed E-state index contributed by atoms with van der Waals surface area (Å²) in [5.41, 5.74) is 4.05. The molecule has 4 aromatic carbocycles. The van der Waals surface area contributed by atoms with E-state index in [2.05, 4.69) is 37.4 Å². The van der Waals surface area contributed by atoms with Crippen molar-refractivity contribution in [3.63, 3.8) is 0 Å². The number of ether oxygens (including phenoxy) is 10. The molecule has 350 valence electrons. The second-order valence-electron chi connectivity index (χ2n) is 15.2. The van der Waals surface area contributed by atoms with Crippen LogP contribution in [0.2, 0.25) is 0 Å². The minimum absolute atomic E-state index is 0.0731. The molecule has 0 heterocycles. The Morgan fingerprint density at radius 3 is 1.08 bits per heavy atom. The van der Waals surface area contributed by atoms with Gasteiger partial charge in [-0.2, -0.15) is 0 Å². The van der Waals surface area contributed by atoms with E-state index < -0.39 is 29.6 Å². The van der Waals surface area contributed by atoms with Gasteiger partial charge in [-0.25, -0.2) is 9.59 Å². The monoisotopic (exact) mass is 894 g/mol. The quantitative estimate of drug-likeness (QED) is 0.0332. The maximum absolute atomic E-state index is 13.7. The zero-order chi connectivity index (χ0) is 47.6. The van der Waals surface area contributed by atoms with Gasteiger partial charge in [-0.1, -0.05) is 61.7 Å². The average Bonchev–Trinajstić information content (AvgIpc) is 3.56. The molecular formula is C53H66O12. The third-order valence-electron chi connectivity index (χ3n) is 10.9. The Kier molecular flexibility index (Phi) is 17.1. The van der Waals surface area contributed by atoms with Crippen molar-refractivity contribution in [2.45, 2.75) is 101 Å². The molecule has 1 aliphatic rings. The zero-order valence-corrected chi connectivity index (χ0v) is 40.2. The summed E-state index contributed by atoms with van der Waals surface area (Å²) in [6, 6.07) is 16.2. The number of carbonyl (C=O) groups is 2. The summed E-state index contributed by atoms with van der Waals surface area (Å²) in [6.07, 6.45) is -1.47. The number of fused-ring (bicyclic) bond motifs is 3. The molecule has 12 heteroatoms. The van der Waals surface area contributed by atoms with Gasteiger partial charge in [0.15, 0.2) is 23.0 Å². The summed E-state index contributed by atoms with van der Waals surface area (Å²) in [7, 11) is 0. The standard InChI is InChI=1S/C53H66O12/c1-15-56-33(13)39-43(58-17-3)41(47(60-19-5)49(62-21-7)45(39)64-51(54)31(9)10)53(37-29-25-23-27-35(37)36-28-24-26-30-38(36)53)42-44(59-18-4)40(34(14)57-16-2)46(65-52(55)32(11)12)50(63-22-8)48(42)61-20-6/h23-30,33-34H,9,11,15-22H2,1-8,10,12-14H3. The normalized spacial score (nSPS) is 13.2. The Morgan fingerprint density at radius 1 is 0.462 bits per heavy atom. The molecular weight excluding hydrogens is 829 g/mol. The highest BCUT2D eigenvalue weighted by atomic mass is 16.6. The van der Waals surface area contributed by atoms with Gasteiger partial charge in [0.05, 0.1) is 79.5 Å². The van der Waals surface area contributed by atoms with Crippen molar-refractivity contribution < 1.29 is 57.0 Å². The van der Waals surface area contributed by atoms with E-state index in [0.29, 0.717) is 47.0 Å². The Hall–Kier alpha value is -5.98. The van der Waals surface area contributed by atoms with Crippen LogP contribution < -0.4 is 37.9 Å². The van der Waals surface area contributed by atoms with Crippen LogP contribution in [0.15, 0.2) is 72.8 Å². The van der Waals surface area contributed by atoms with Crippen molar-refractivity contribution in [3.05, 3.63) is 106 Å². The second-order valence-corrected chi connectivity index (χ2v) is 15.2. The lowest BCUT2D eigenvalue weighted by molar-refractivity contribution is -0.131. The highest BCUT2D eigenvalue weighted by Gasteiger charge is 2.56. The van der Waals surface area contributed by atoms with Gasteiger partial charge < -0.3 is 47.4 Å². The van der Waals surface area contributed by atoms with Crippen LogP contribution in [0.4, 0.5) is 0 Å². The number of hydrogen-bond donors (Lipinski definition) is 0. The Bertz CT molecular complexity index is 2210. The Morgan fingerprint density at radius 2 is 0.769 bits per heavy atom. The van der Waals surface area contributed by atoms with Gasteiger partial charge in [-0.3, -0.25) is 0 Å². The molecule has 0 saturated carbocycles. The lowest BCUT2D eigenvalue weighted by Gasteiger charge is -2.41. The minimum atomic E-state index is -1.51. The largest absolute Gasteiger partial charge is 0.493 e. The molecule has 1 aliphatic carbocycles. The molecule has 0 radical (unpaired) electrons. The van der Waals surface area contributed by atoms with Crippen LogP contribution in [-0.4, -0.2) is 64.8 Å². The lowest BCUT2D eigenvalue weighted by atomic mass is 9.65. The van der Waals surface area contributed by atoms with Crippen LogP contribution in [0.5, 0.6) is 46.0 Å². The van der Waals surface area contributed by atoms with E-state index in [0.717, 1.165) is 22.3 Å². The number of esters is 2. The molecule has 0 amide bonds. The topological polar surface area (TPSA) is 126 Å². The maximum Gasteiger partial charge on any atom is 0.338 e. The predicted octanol–water partition coefficient (Wildman–Crippen LogP) is 11.6. The highest BCUT2D eigenvalue weighted by Crippen LogP contribution is 2.69. The first-order valence-corrected chi connectivity index (χ1v) is 22.7. The first kappa shape index (κ1) is 50.0. The molecule has 0 bridgehead atoms. The molecule has 65 heavy (non-hydrogen) atoms. The van der Waals surface area contributed by atoms with Crippen molar-refractivity contribution in [1.82, 2.24) is 0 Å². The van der Waals surface area contributed by atoms with Gasteiger partial charge in [0.25, 0.3) is 0 Å². The Balaban J connectivity index is 2.33. The maximum atomic E-state index is 13.7. The summed E-state index contributed by atoms with van der Waals surface area (Å²) in [6.45, 7) is 31.3. The highest BCUT2D eigenvalue weighted by molar-refractivity contribution is 5.95. The van der Waals surface area contributed by atoms with Gasteiger partial charge in [0.2, 0.25) is 11.5 Å². The van der Waals surface area contributed by atoms with E-state index in [1.165, 1.54) is 0 Å². The molecule has 4 aromatic rings. The molecule has 12 nitrogen and oxygen atoms in total. The molecule has 2 unspecified atom stereocenters. The van der Waals surface area contributed by atoms with Gasteiger partial charge in [-0.15, -0.1) is 0 Å². The molecule has 0 N–H and O–H groups in total. The molecule has 0 aromatic heterocycles. The number of rotatable bonds is 24. The van der Waals surface area contributed by atoms with Gasteiger partial charge in [0.1, 0.15) is 11.5 Å². The minimum Gasteiger partial charge on any atom is -0.493 e. The average molecular weight is 895 g/mol. The molecule has 5 rings (SSSR count). The van der Waals surface area contributed by atoms with Gasteiger partial charge in [-0.05, 0) is 105 Å². The molecule has 0 fully saturated rings. The van der Waals surface area contributed by atoms with E-state index in [4.69, 9.17) is 47.4 Å². The predicted molar refractivity (Wildman–Crippen MR) is 252 cm³/mol. The summed E-state index contributed by atoms with van der Waals surface area (Å²) >= 11 is 0. The van der Waals surface area contributed by atoms with Crippen molar-refractivity contribution in [2.75, 3.05) is 52.9 Å². The molecule has 0 spiro atoms. The van der Waals surface area contributed by atoms with Crippen molar-refractivity contribution in [2.24, 2.45) is 0 Å². The van der Waals surface area contributed by atoms with E-state index in [1.54, 1.807) is 13.8 Å². The van der Waals surface area contributed by atoms with Crippen LogP contribution in [0.25, 0.3) is 11.1 Å². The van der Waals surface area contributed by atoms with Crippen LogP contribution in [0, 0.1) is 0 Å². The van der Waals surface area contributed by atoms with E-state index in [1.807, 2.05) is 93.5 Å². The fraction of sp³-hybridized carbons (Fsp3) is 0.434. The van der Waals surface area contributed by atoms with Gasteiger partial charge >= 0.3 is 11.9 Å². The van der Waals surface area contributed by atoms with E-state index in [-0.39, 0.29) is 85.3 Å². The fourth-order valence-electron chi connectivity index (χ4n) is 8.61. The van der Waals surface area contributed by atoms with Crippen LogP contribution in [0.3, 0.4) is 0 Å². The first-order chi connectivity index (χ1) is 31.3. The van der Waals surface area contributed by atoms with Crippen molar-refractivity contribution >= 4 is 11.9 Å². The molecule has 0 saturated heterocycles. The van der Waals surface area contributed by atoms with E-state index >= 15 is 0 Å². The SMILES string of the molecule is C=C(C)C(=O)Oc1c(OCC)c(OCC)c(C2(c3c(OCC)c(OCC)c(OC(=O)C(=C)C)c(C(C)OCC)c3OCC)c3ccccc3-c3ccccc32)c(OCC)c1C(C)OCC. The van der Waals surface area contributed by atoms with Crippen molar-refractivity contribution in [1.29, 1.82) is 0 Å². The van der Waals surface area contributed by atoms with Crippen LogP contribution >= 0.6 is 0 Å². The first-order valence-electron chi connectivity index (χ1n) is 22.7. The second kappa shape index (κ2) is 22.3. The lowest BCUT2D eigenvalue weighted by Crippen LogP contribution is -2.33. The van der Waals surface area contributed by atoms with Crippen molar-refractivity contribution in [3.8, 4) is 57.1 Å². The van der Waals surface area contributed by atoms with Crippen LogP contribution in [0.1, 0.15) is 129 Å². The molecule has 2 atom stereocenters. The summed E-state index contributed by atoms with van der Waals surface area (Å²) in [5, 5.41) is 0. The van der Waals surface area contributed by atoms with Gasteiger partial charge in [0, 0.05) is 24.4 Å². The third kappa shape index (κ3) is 9.29. The number of hydrogen-bond acceptors (Lipinski definition) is 12. The van der Waals surface area contributed by atoms with E-state index in [9.17, 15) is 9.59 Å². The number of carbonyl (C=O) groups excluding carboxylic acids is 2. The summed E-state index contributed by atoms with van der Waals surface area (Å²) in [4.78, 5) is 27.5. The summed E-state index contributed by atoms with van der Waals surface area (Å²) in [5.74, 6) is 0.214.